The lowest BCUT2D eigenvalue weighted by molar-refractivity contribution is 1.65. The van der Waals surface area contributed by atoms with Crippen molar-refractivity contribution < 1.29 is 0 Å². The fourth-order valence-corrected chi connectivity index (χ4v) is 2.77. The average Bonchev–Trinajstić information content (AvgIpc) is 1.21. The number of hydrogen-bond acceptors (Lipinski definition) is 0. The van der Waals surface area contributed by atoms with E-state index < -0.39 is 8.07 Å². The molecule has 0 nitrogen and oxygen atoms in total. The number of hydrogen-bond donors (Lipinski definition) is 0. The number of halogens is 1. The van der Waals surface area contributed by atoms with Crippen molar-refractivity contribution in [1.29, 1.82) is 0 Å². The van der Waals surface area contributed by atoms with Crippen molar-refractivity contribution >= 4 is 19.7 Å². The summed E-state index contributed by atoms with van der Waals surface area (Å²) in [5.74, 6) is 0. The molecule has 0 aromatic rings. The van der Waals surface area contributed by atoms with E-state index in [9.17, 15) is 0 Å². The van der Waals surface area contributed by atoms with Gasteiger partial charge in [-0.2, -0.15) is 0 Å². The summed E-state index contributed by atoms with van der Waals surface area (Å²) in [6.45, 7) is 8.72. The summed E-state index contributed by atoms with van der Waals surface area (Å²) in [7, 11) is -1.01. The summed E-state index contributed by atoms with van der Waals surface area (Å²) in [6.07, 6.45) is 0. The van der Waals surface area contributed by atoms with Crippen LogP contribution < -0.4 is 0 Å². The molecule has 0 aromatic heterocycles. The highest BCUT2D eigenvalue weighted by molar-refractivity contribution is 6.81. The Hall–Kier alpha value is 0.247. The molecule has 0 radical (unpaired) electrons. The zero-order valence-electron chi connectivity index (χ0n) is 5.96. The average molecular weight is 149 g/mol. The minimum Gasteiger partial charge on any atom is -0.0902 e. The highest BCUT2D eigenvalue weighted by Crippen LogP contribution is 2.08. The van der Waals surface area contributed by atoms with Gasteiger partial charge in [0.2, 0.25) is 0 Å². The molecule has 0 atom stereocenters. The van der Waals surface area contributed by atoms with Gasteiger partial charge in [-0.3, -0.25) is 0 Å². The second-order valence-electron chi connectivity index (χ2n) is 3.10. The van der Waals surface area contributed by atoms with E-state index in [0.717, 1.165) is 5.03 Å². The van der Waals surface area contributed by atoms with Gasteiger partial charge in [-0.1, -0.05) is 36.9 Å². The van der Waals surface area contributed by atoms with E-state index in [1.165, 1.54) is 0 Å². The van der Waals surface area contributed by atoms with Gasteiger partial charge in [0.05, 0.1) is 8.07 Å². The number of rotatable bonds is 1. The molecular weight excluding hydrogens is 136 g/mol. The van der Waals surface area contributed by atoms with Crippen molar-refractivity contribution in [3.05, 3.63) is 10.7 Å². The summed E-state index contributed by atoms with van der Waals surface area (Å²) in [4.78, 5) is 0. The van der Waals surface area contributed by atoms with Gasteiger partial charge < -0.3 is 0 Å². The first kappa shape index (κ1) is 8.25. The van der Waals surface area contributed by atoms with E-state index in [4.69, 9.17) is 11.6 Å². The summed E-state index contributed by atoms with van der Waals surface area (Å²) in [5.41, 5.74) is 2.18. The highest BCUT2D eigenvalue weighted by atomic mass is 35.5. The van der Waals surface area contributed by atoms with Crippen LogP contribution in [0.3, 0.4) is 0 Å². The van der Waals surface area contributed by atoms with Gasteiger partial charge in [0.15, 0.2) is 0 Å². The molecule has 0 N–H and O–H groups in total. The first-order valence-electron chi connectivity index (χ1n) is 2.77. The van der Waals surface area contributed by atoms with E-state index in [1.54, 1.807) is 0 Å². The quantitative estimate of drug-likeness (QED) is 0.502. The topological polar surface area (TPSA) is 0 Å². The van der Waals surface area contributed by atoms with Crippen molar-refractivity contribution in [1.82, 2.24) is 0 Å². The SMILES string of the molecule is CC(Cl)=C[Si](C)(C)C. The minimum atomic E-state index is -1.01. The zero-order chi connectivity index (χ0) is 6.78. The predicted molar refractivity (Wildman–Crippen MR) is 43.0 cm³/mol. The molecule has 0 unspecified atom stereocenters. The Bertz CT molecular complexity index is 95.6. The van der Waals surface area contributed by atoms with Gasteiger partial charge >= 0.3 is 0 Å². The van der Waals surface area contributed by atoms with Crippen LogP contribution >= 0.6 is 11.6 Å². The molecule has 2 heteroatoms. The van der Waals surface area contributed by atoms with E-state index >= 15 is 0 Å². The van der Waals surface area contributed by atoms with Gasteiger partial charge in [-0.25, -0.2) is 0 Å². The molecule has 8 heavy (non-hydrogen) atoms. The van der Waals surface area contributed by atoms with Gasteiger partial charge in [-0.05, 0) is 6.92 Å². The lowest BCUT2D eigenvalue weighted by atomic mass is 10.8. The van der Waals surface area contributed by atoms with Crippen LogP contribution in [0.1, 0.15) is 6.92 Å². The Morgan fingerprint density at radius 1 is 1.38 bits per heavy atom. The molecule has 0 spiro atoms. The Labute approximate surface area is 57.6 Å². The largest absolute Gasteiger partial charge is 0.0902 e. The smallest absolute Gasteiger partial charge is 0.0701 e. The normalized spacial score (nSPS) is 14.4. The third-order valence-electron chi connectivity index (χ3n) is 0.632. The molecule has 0 rings (SSSR count). The molecule has 0 aromatic carbocycles. The Morgan fingerprint density at radius 2 is 1.75 bits per heavy atom. The van der Waals surface area contributed by atoms with Crippen molar-refractivity contribution in [2.75, 3.05) is 0 Å². The Balaban J connectivity index is 3.89. The maximum Gasteiger partial charge on any atom is 0.0701 e. The van der Waals surface area contributed by atoms with Gasteiger partial charge in [0.25, 0.3) is 0 Å². The van der Waals surface area contributed by atoms with Gasteiger partial charge in [-0.15, -0.1) is 0 Å². The molecule has 0 aliphatic rings. The van der Waals surface area contributed by atoms with Crippen LogP contribution in [-0.4, -0.2) is 8.07 Å². The third-order valence-corrected chi connectivity index (χ3v) is 2.22. The monoisotopic (exact) mass is 148 g/mol. The fourth-order valence-electron chi connectivity index (χ4n) is 0.597. The van der Waals surface area contributed by atoms with Gasteiger partial charge in [0.1, 0.15) is 0 Å². The minimum absolute atomic E-state index is 0.934. The van der Waals surface area contributed by atoms with Crippen LogP contribution in [0.25, 0.3) is 0 Å². The fraction of sp³-hybridized carbons (Fsp3) is 0.667. The zero-order valence-corrected chi connectivity index (χ0v) is 7.71. The predicted octanol–water partition coefficient (Wildman–Crippen LogP) is 3.01. The van der Waals surface area contributed by atoms with Crippen molar-refractivity contribution in [3.63, 3.8) is 0 Å². The van der Waals surface area contributed by atoms with Crippen molar-refractivity contribution in [2.45, 2.75) is 26.6 Å². The van der Waals surface area contributed by atoms with Crippen LogP contribution in [0.4, 0.5) is 0 Å². The van der Waals surface area contributed by atoms with Crippen LogP contribution in [0.5, 0.6) is 0 Å². The molecule has 0 heterocycles. The van der Waals surface area contributed by atoms with Crippen LogP contribution in [0.15, 0.2) is 10.7 Å². The maximum absolute atomic E-state index is 5.66. The lowest BCUT2D eigenvalue weighted by Crippen LogP contribution is -2.15. The third kappa shape index (κ3) is 6.25. The van der Waals surface area contributed by atoms with E-state index in [2.05, 4.69) is 25.3 Å². The summed E-state index contributed by atoms with van der Waals surface area (Å²) in [6, 6.07) is 0. The molecule has 48 valence electrons. The molecule has 0 amide bonds. The second kappa shape index (κ2) is 2.69. The van der Waals surface area contributed by atoms with E-state index in [0.29, 0.717) is 0 Å². The molecule has 0 fully saturated rings. The van der Waals surface area contributed by atoms with Gasteiger partial charge in [0, 0.05) is 5.03 Å². The first-order valence-corrected chi connectivity index (χ1v) is 6.72. The summed E-state index contributed by atoms with van der Waals surface area (Å²) in [5, 5.41) is 0.934. The van der Waals surface area contributed by atoms with E-state index in [1.807, 2.05) is 6.92 Å². The lowest BCUT2D eigenvalue weighted by Gasteiger charge is -2.07. The van der Waals surface area contributed by atoms with Crippen molar-refractivity contribution in [2.24, 2.45) is 0 Å². The molecular formula is C6H13ClSi. The van der Waals surface area contributed by atoms with E-state index in [-0.39, 0.29) is 0 Å². The second-order valence-corrected chi connectivity index (χ2v) is 8.71. The van der Waals surface area contributed by atoms with Crippen molar-refractivity contribution in [3.8, 4) is 0 Å². The molecule has 0 saturated carbocycles. The maximum atomic E-state index is 5.66. The Morgan fingerprint density at radius 3 is 1.75 bits per heavy atom. The van der Waals surface area contributed by atoms with Crippen LogP contribution in [-0.2, 0) is 0 Å². The summed E-state index contributed by atoms with van der Waals surface area (Å²) < 4.78 is 0. The molecule has 0 aliphatic heterocycles. The molecule has 0 aliphatic carbocycles. The first-order chi connectivity index (χ1) is 3.42. The Kier molecular flexibility index (Phi) is 2.78. The molecule has 0 saturated heterocycles. The van der Waals surface area contributed by atoms with Crippen LogP contribution in [0.2, 0.25) is 19.6 Å². The molecule has 0 bridgehead atoms. The summed E-state index contributed by atoms with van der Waals surface area (Å²) >= 11 is 5.66. The highest BCUT2D eigenvalue weighted by Gasteiger charge is 2.07. The van der Waals surface area contributed by atoms with Crippen LogP contribution in [0, 0.1) is 0 Å². The number of allylic oxidation sites excluding steroid dienone is 1. The standard InChI is InChI=1S/C6H13ClSi/c1-6(7)5-8(2,3)4/h5H,1-4H3.